The number of hydrogen-bond acceptors (Lipinski definition) is 7. The van der Waals surface area contributed by atoms with Crippen LogP contribution in [0.4, 0.5) is 14.6 Å². The van der Waals surface area contributed by atoms with Crippen molar-refractivity contribution in [2.75, 3.05) is 31.1 Å². The second kappa shape index (κ2) is 8.52. The summed E-state index contributed by atoms with van der Waals surface area (Å²) in [5, 5.41) is 4.06. The third-order valence-corrected chi connectivity index (χ3v) is 5.30. The van der Waals surface area contributed by atoms with E-state index in [9.17, 15) is 13.6 Å². The predicted molar refractivity (Wildman–Crippen MR) is 103 cm³/mol. The largest absolute Gasteiger partial charge is 0.353 e. The first kappa shape index (κ1) is 19.2. The molecule has 150 valence electrons. The fourth-order valence-electron chi connectivity index (χ4n) is 3.11. The van der Waals surface area contributed by atoms with Crippen molar-refractivity contribution in [1.82, 2.24) is 29.6 Å². The van der Waals surface area contributed by atoms with E-state index in [4.69, 9.17) is 0 Å². The summed E-state index contributed by atoms with van der Waals surface area (Å²) < 4.78 is 27.1. The highest BCUT2D eigenvalue weighted by atomic mass is 32.2. The Morgan fingerprint density at radius 1 is 1.03 bits per heavy atom. The molecule has 29 heavy (non-hydrogen) atoms. The summed E-state index contributed by atoms with van der Waals surface area (Å²) in [6, 6.07) is 8.29. The maximum absolute atomic E-state index is 12.9. The van der Waals surface area contributed by atoms with Gasteiger partial charge in [-0.05, 0) is 12.1 Å². The number of piperazine rings is 1. The summed E-state index contributed by atoms with van der Waals surface area (Å²) in [5.74, 6) is -1.48. The van der Waals surface area contributed by atoms with Gasteiger partial charge in [-0.15, -0.1) is 0 Å². The van der Waals surface area contributed by atoms with Crippen molar-refractivity contribution in [3.63, 3.8) is 0 Å². The molecule has 4 rings (SSSR count). The van der Waals surface area contributed by atoms with Crippen LogP contribution in [0.25, 0.3) is 5.82 Å². The number of benzene rings is 1. The number of carbonyl (C=O) groups is 1. The highest BCUT2D eigenvalue weighted by molar-refractivity contribution is 7.99. The maximum Gasteiger partial charge on any atom is 0.288 e. The highest BCUT2D eigenvalue weighted by Gasteiger charge is 2.25. The number of aromatic nitrogens is 5. The highest BCUT2D eigenvalue weighted by Crippen LogP contribution is 2.29. The minimum Gasteiger partial charge on any atom is -0.353 e. The zero-order valence-corrected chi connectivity index (χ0v) is 16.0. The molecular weight excluding hydrogens is 400 g/mol. The van der Waals surface area contributed by atoms with Gasteiger partial charge >= 0.3 is 0 Å². The Labute approximate surface area is 169 Å². The van der Waals surface area contributed by atoms with Gasteiger partial charge in [-0.2, -0.15) is 13.9 Å². The molecule has 1 saturated heterocycles. The van der Waals surface area contributed by atoms with Crippen molar-refractivity contribution in [3.05, 3.63) is 54.9 Å². The average molecular weight is 417 g/mol. The minimum absolute atomic E-state index is 0.237. The van der Waals surface area contributed by atoms with Gasteiger partial charge < -0.3 is 9.80 Å². The number of rotatable bonds is 5. The molecule has 2 aromatic heterocycles. The van der Waals surface area contributed by atoms with Gasteiger partial charge in [0.1, 0.15) is 24.8 Å². The van der Waals surface area contributed by atoms with Crippen molar-refractivity contribution in [1.29, 1.82) is 0 Å². The molecule has 1 aliphatic heterocycles. The summed E-state index contributed by atoms with van der Waals surface area (Å²) in [5.41, 5.74) is 0.307. The summed E-state index contributed by atoms with van der Waals surface area (Å²) in [4.78, 5) is 29.3. The first-order valence-electron chi connectivity index (χ1n) is 8.87. The normalized spacial score (nSPS) is 14.4. The Hall–Kier alpha value is -3.08. The number of thioether (sulfide) groups is 1. The van der Waals surface area contributed by atoms with Crippen LogP contribution in [0.3, 0.4) is 0 Å². The van der Waals surface area contributed by atoms with Crippen molar-refractivity contribution >= 4 is 23.5 Å². The van der Waals surface area contributed by atoms with E-state index >= 15 is 0 Å². The number of anilines is 1. The topological polar surface area (TPSA) is 80.0 Å². The zero-order valence-electron chi connectivity index (χ0n) is 15.2. The van der Waals surface area contributed by atoms with Crippen LogP contribution in [0.5, 0.6) is 0 Å². The standard InChI is InChI=1S/C18H17F2N7OS/c19-18(20)29-14-4-2-1-3-13(14)17(28)26-7-5-25(6-8-26)15-9-16(23-11-22-15)27-12-21-10-24-27/h1-4,9-12,18H,5-8H2. The lowest BCUT2D eigenvalue weighted by Crippen LogP contribution is -2.49. The van der Waals surface area contributed by atoms with Crippen LogP contribution in [0.2, 0.25) is 0 Å². The minimum atomic E-state index is -2.57. The Balaban J connectivity index is 1.44. The predicted octanol–water partition coefficient (Wildman–Crippen LogP) is 2.33. The molecule has 0 N–H and O–H groups in total. The number of carbonyl (C=O) groups excluding carboxylic acids is 1. The second-order valence-corrected chi connectivity index (χ2v) is 7.26. The first-order valence-corrected chi connectivity index (χ1v) is 9.75. The van der Waals surface area contributed by atoms with Crippen molar-refractivity contribution in [3.8, 4) is 5.82 Å². The molecule has 0 atom stereocenters. The Morgan fingerprint density at radius 3 is 2.52 bits per heavy atom. The Morgan fingerprint density at radius 2 is 1.79 bits per heavy atom. The van der Waals surface area contributed by atoms with Crippen LogP contribution >= 0.6 is 11.8 Å². The molecule has 0 unspecified atom stereocenters. The molecule has 0 saturated carbocycles. The Kier molecular flexibility index (Phi) is 5.65. The number of alkyl halides is 2. The number of amides is 1. The van der Waals surface area contributed by atoms with E-state index in [1.54, 1.807) is 46.2 Å². The second-order valence-electron chi connectivity index (χ2n) is 6.23. The summed E-state index contributed by atoms with van der Waals surface area (Å²) in [7, 11) is 0. The number of hydrogen-bond donors (Lipinski definition) is 0. The molecule has 1 amide bonds. The molecule has 1 fully saturated rings. The average Bonchev–Trinajstić information content (AvgIpc) is 3.29. The fraction of sp³-hybridized carbons (Fsp3) is 0.278. The van der Waals surface area contributed by atoms with E-state index in [1.807, 2.05) is 4.90 Å². The lowest BCUT2D eigenvalue weighted by molar-refractivity contribution is 0.0743. The van der Waals surface area contributed by atoms with E-state index in [2.05, 4.69) is 20.1 Å². The molecule has 11 heteroatoms. The van der Waals surface area contributed by atoms with Crippen LogP contribution in [-0.2, 0) is 0 Å². The number of nitrogens with zero attached hydrogens (tertiary/aromatic N) is 7. The molecule has 0 bridgehead atoms. The van der Waals surface area contributed by atoms with E-state index in [0.29, 0.717) is 54.2 Å². The van der Waals surface area contributed by atoms with Gasteiger partial charge in [0.25, 0.3) is 11.7 Å². The van der Waals surface area contributed by atoms with Gasteiger partial charge in [0.15, 0.2) is 5.82 Å². The van der Waals surface area contributed by atoms with Crippen LogP contribution in [0, 0.1) is 0 Å². The lowest BCUT2D eigenvalue weighted by Gasteiger charge is -2.35. The zero-order chi connectivity index (χ0) is 20.2. The summed E-state index contributed by atoms with van der Waals surface area (Å²) >= 11 is 0.394. The molecule has 0 spiro atoms. The molecule has 0 radical (unpaired) electrons. The monoisotopic (exact) mass is 417 g/mol. The van der Waals surface area contributed by atoms with Gasteiger partial charge in [0, 0.05) is 37.1 Å². The van der Waals surface area contributed by atoms with E-state index in [1.165, 1.54) is 12.7 Å². The molecule has 1 aromatic carbocycles. The first-order chi connectivity index (χ1) is 14.1. The van der Waals surface area contributed by atoms with Crippen molar-refractivity contribution < 1.29 is 13.6 Å². The van der Waals surface area contributed by atoms with Gasteiger partial charge in [-0.1, -0.05) is 23.9 Å². The van der Waals surface area contributed by atoms with E-state index in [0.717, 1.165) is 5.82 Å². The third kappa shape index (κ3) is 4.34. The molecule has 1 aliphatic rings. The van der Waals surface area contributed by atoms with Gasteiger partial charge in [0.05, 0.1) is 5.56 Å². The van der Waals surface area contributed by atoms with E-state index < -0.39 is 5.76 Å². The lowest BCUT2D eigenvalue weighted by atomic mass is 10.2. The van der Waals surface area contributed by atoms with Crippen molar-refractivity contribution in [2.45, 2.75) is 10.7 Å². The smallest absolute Gasteiger partial charge is 0.288 e. The maximum atomic E-state index is 12.9. The van der Waals surface area contributed by atoms with Crippen LogP contribution < -0.4 is 4.90 Å². The van der Waals surface area contributed by atoms with Gasteiger partial charge in [0.2, 0.25) is 0 Å². The van der Waals surface area contributed by atoms with Crippen molar-refractivity contribution in [2.24, 2.45) is 0 Å². The fourth-order valence-corrected chi connectivity index (χ4v) is 3.74. The molecule has 8 nitrogen and oxygen atoms in total. The van der Waals surface area contributed by atoms with Crippen LogP contribution in [0.1, 0.15) is 10.4 Å². The van der Waals surface area contributed by atoms with Crippen LogP contribution in [-0.4, -0.2) is 67.5 Å². The summed E-state index contributed by atoms with van der Waals surface area (Å²) in [6.07, 6.45) is 4.44. The molecule has 3 aromatic rings. The SMILES string of the molecule is O=C(c1ccccc1SC(F)F)N1CCN(c2cc(-n3cncn3)ncn2)CC1. The van der Waals surface area contributed by atoms with Gasteiger partial charge in [-0.25, -0.2) is 19.6 Å². The van der Waals surface area contributed by atoms with Gasteiger partial charge in [-0.3, -0.25) is 4.79 Å². The van der Waals surface area contributed by atoms with E-state index in [-0.39, 0.29) is 5.91 Å². The molecular formula is C18H17F2N7OS. The summed E-state index contributed by atoms with van der Waals surface area (Å²) in [6.45, 7) is 2.08. The third-order valence-electron chi connectivity index (χ3n) is 4.52. The number of halogens is 2. The van der Waals surface area contributed by atoms with Crippen LogP contribution in [0.15, 0.2) is 54.2 Å². The molecule has 0 aliphatic carbocycles. The Bertz CT molecular complexity index is 978. The quantitative estimate of drug-likeness (QED) is 0.590. The molecule has 3 heterocycles.